The van der Waals surface area contributed by atoms with Gasteiger partial charge >= 0.3 is 0 Å². The van der Waals surface area contributed by atoms with Gasteiger partial charge in [-0.15, -0.1) is 11.3 Å². The number of rotatable bonds is 11. The molecule has 1 aliphatic rings. The summed E-state index contributed by atoms with van der Waals surface area (Å²) in [7, 11) is 0. The summed E-state index contributed by atoms with van der Waals surface area (Å²) < 4.78 is 5.80. The highest BCUT2D eigenvalue weighted by Crippen LogP contribution is 2.49. The summed E-state index contributed by atoms with van der Waals surface area (Å²) in [5.41, 5.74) is 3.11. The van der Waals surface area contributed by atoms with Crippen LogP contribution in [0.3, 0.4) is 0 Å². The van der Waals surface area contributed by atoms with Gasteiger partial charge in [-0.25, -0.2) is 4.98 Å². The van der Waals surface area contributed by atoms with E-state index in [2.05, 4.69) is 29.3 Å². The first kappa shape index (κ1) is 25.4. The average Bonchev–Trinajstić information content (AvgIpc) is 3.36. The number of aryl methyl sites for hydroxylation is 1. The van der Waals surface area contributed by atoms with Crippen molar-refractivity contribution in [2.24, 2.45) is 5.92 Å². The third-order valence-electron chi connectivity index (χ3n) is 6.01. The van der Waals surface area contributed by atoms with Crippen molar-refractivity contribution in [1.82, 2.24) is 10.1 Å². The van der Waals surface area contributed by atoms with Gasteiger partial charge in [-0.3, -0.25) is 4.79 Å². The summed E-state index contributed by atoms with van der Waals surface area (Å²) >= 11 is 7.87. The summed E-state index contributed by atoms with van der Waals surface area (Å²) in [5, 5.41) is 19.7. The molecule has 1 aliphatic carbocycles. The van der Waals surface area contributed by atoms with Gasteiger partial charge in [0, 0.05) is 34.9 Å². The summed E-state index contributed by atoms with van der Waals surface area (Å²) in [6.45, 7) is 6.25. The summed E-state index contributed by atoms with van der Waals surface area (Å²) in [4.78, 5) is 30.0. The largest absolute Gasteiger partial charge is 0.550 e. The topological polar surface area (TPSA) is 108 Å². The second kappa shape index (κ2) is 10.9. The van der Waals surface area contributed by atoms with Crippen LogP contribution in [0.25, 0.3) is 10.8 Å². The number of carbonyl (C=O) groups excluding carboxylic acids is 2. The molecule has 0 aliphatic heterocycles. The Bertz CT molecular complexity index is 1220. The molecule has 7 nitrogen and oxygen atoms in total. The molecule has 1 saturated carbocycles. The van der Waals surface area contributed by atoms with Crippen LogP contribution in [0.1, 0.15) is 79.5 Å². The van der Waals surface area contributed by atoms with Gasteiger partial charge in [0.25, 0.3) is 0 Å². The fourth-order valence-corrected chi connectivity index (χ4v) is 5.61. The molecule has 1 fully saturated rings. The molecule has 9 heteroatoms. The molecule has 186 valence electrons. The Labute approximate surface area is 213 Å². The van der Waals surface area contributed by atoms with Gasteiger partial charge in [-0.1, -0.05) is 36.7 Å². The standard InChI is InChI=1S/C26H30ClN3O4S/c1-14(2)10-18-13-28-26(35-18)25-23(16-5-6-16)24(30-34-25)17(7-9-22(32)33)12-21(31)29-20-8-4-15(3)11-19(20)27/h4,8,11,13-14,16-17H,5-7,9-10,12H2,1-3H3,(H,29,31)(H,32,33)/p-1/t17-/m0/s1. The first-order valence-electron chi connectivity index (χ1n) is 11.9. The number of carboxylic acids is 1. The van der Waals surface area contributed by atoms with Crippen molar-refractivity contribution in [2.45, 2.75) is 71.1 Å². The lowest BCUT2D eigenvalue weighted by molar-refractivity contribution is -0.305. The Morgan fingerprint density at radius 1 is 1.31 bits per heavy atom. The predicted octanol–water partition coefficient (Wildman–Crippen LogP) is 5.48. The number of aliphatic carboxylic acids is 1. The lowest BCUT2D eigenvalue weighted by atomic mass is 9.90. The van der Waals surface area contributed by atoms with E-state index < -0.39 is 11.9 Å². The fraction of sp³-hybridized carbons (Fsp3) is 0.462. The zero-order chi connectivity index (χ0) is 25.1. The van der Waals surface area contributed by atoms with E-state index in [1.165, 1.54) is 4.88 Å². The number of halogens is 1. The number of nitrogens with one attached hydrogen (secondary N) is 1. The maximum atomic E-state index is 13.0. The number of thiazole rings is 1. The molecule has 2 aromatic heterocycles. The lowest BCUT2D eigenvalue weighted by Crippen LogP contribution is -2.24. The Hall–Kier alpha value is -2.71. The van der Waals surface area contributed by atoms with Crippen molar-refractivity contribution in [1.29, 1.82) is 0 Å². The van der Waals surface area contributed by atoms with E-state index in [4.69, 9.17) is 16.1 Å². The number of amides is 1. The third kappa shape index (κ3) is 6.49. The van der Waals surface area contributed by atoms with Crippen molar-refractivity contribution in [2.75, 3.05) is 5.32 Å². The molecule has 0 bridgehead atoms. The van der Waals surface area contributed by atoms with Crippen LogP contribution >= 0.6 is 22.9 Å². The maximum absolute atomic E-state index is 13.0. The molecular weight excluding hydrogens is 486 g/mol. The molecule has 1 N–H and O–H groups in total. The summed E-state index contributed by atoms with van der Waals surface area (Å²) in [5.74, 6) is -0.413. The van der Waals surface area contributed by atoms with Crippen molar-refractivity contribution in [3.63, 3.8) is 0 Å². The highest BCUT2D eigenvalue weighted by Gasteiger charge is 2.37. The summed E-state index contributed by atoms with van der Waals surface area (Å²) in [6.07, 6.45) is 4.93. The van der Waals surface area contributed by atoms with Gasteiger partial charge < -0.3 is 19.7 Å². The van der Waals surface area contributed by atoms with Crippen LogP contribution in [0.4, 0.5) is 5.69 Å². The maximum Gasteiger partial charge on any atom is 0.225 e. The number of carboxylic acid groups (broad SMARTS) is 1. The number of anilines is 1. The lowest BCUT2D eigenvalue weighted by Gasteiger charge is -2.17. The number of carbonyl (C=O) groups is 2. The van der Waals surface area contributed by atoms with Gasteiger partial charge in [0.1, 0.15) is 0 Å². The second-order valence-electron chi connectivity index (χ2n) is 9.66. The average molecular weight is 515 g/mol. The van der Waals surface area contributed by atoms with Crippen molar-refractivity contribution in [3.05, 3.63) is 51.1 Å². The SMILES string of the molecule is Cc1ccc(NC(=O)C[C@H](CCC(=O)[O-])c2noc(-c3ncc(CC(C)C)s3)c2C2CC2)c(Cl)c1. The van der Waals surface area contributed by atoms with Crippen molar-refractivity contribution < 1.29 is 19.2 Å². The van der Waals surface area contributed by atoms with Gasteiger partial charge in [0.2, 0.25) is 5.91 Å². The van der Waals surface area contributed by atoms with E-state index in [1.807, 2.05) is 19.2 Å². The van der Waals surface area contributed by atoms with Crippen molar-refractivity contribution in [3.8, 4) is 10.8 Å². The van der Waals surface area contributed by atoms with Crippen LogP contribution in [-0.4, -0.2) is 22.0 Å². The molecule has 4 rings (SSSR count). The van der Waals surface area contributed by atoms with E-state index in [-0.39, 0.29) is 31.1 Å². The van der Waals surface area contributed by atoms with Crippen LogP contribution in [-0.2, 0) is 16.0 Å². The molecule has 35 heavy (non-hydrogen) atoms. The molecular formula is C26H29ClN3O4S-. The molecule has 1 aromatic carbocycles. The smallest absolute Gasteiger partial charge is 0.225 e. The molecule has 1 amide bonds. The number of nitrogens with zero attached hydrogens (tertiary/aromatic N) is 2. The third-order valence-corrected chi connectivity index (χ3v) is 7.34. The molecule has 0 unspecified atom stereocenters. The Kier molecular flexibility index (Phi) is 7.91. The van der Waals surface area contributed by atoms with E-state index in [9.17, 15) is 14.7 Å². The summed E-state index contributed by atoms with van der Waals surface area (Å²) in [6, 6.07) is 5.40. The Balaban J connectivity index is 1.60. The Morgan fingerprint density at radius 3 is 2.74 bits per heavy atom. The van der Waals surface area contributed by atoms with Gasteiger partial charge in [-0.05, 0) is 68.6 Å². The van der Waals surface area contributed by atoms with E-state index in [0.717, 1.165) is 35.4 Å². The first-order valence-corrected chi connectivity index (χ1v) is 13.1. The highest BCUT2D eigenvalue weighted by atomic mass is 35.5. The van der Waals surface area contributed by atoms with Gasteiger partial charge in [-0.2, -0.15) is 0 Å². The minimum atomic E-state index is -1.16. The monoisotopic (exact) mass is 514 g/mol. The van der Waals surface area contributed by atoms with Crippen LogP contribution in [0, 0.1) is 12.8 Å². The molecule has 3 aromatic rings. The van der Waals surface area contributed by atoms with Crippen LogP contribution < -0.4 is 10.4 Å². The Morgan fingerprint density at radius 2 is 2.09 bits per heavy atom. The number of benzene rings is 1. The van der Waals surface area contributed by atoms with Crippen LogP contribution in [0.2, 0.25) is 5.02 Å². The number of hydrogen-bond acceptors (Lipinski definition) is 7. The van der Waals surface area contributed by atoms with Gasteiger partial charge in [0.15, 0.2) is 10.8 Å². The quantitative estimate of drug-likeness (QED) is 0.363. The van der Waals surface area contributed by atoms with Crippen LogP contribution in [0.5, 0.6) is 0 Å². The molecule has 0 saturated heterocycles. The molecule has 0 spiro atoms. The minimum absolute atomic E-state index is 0.0552. The predicted molar refractivity (Wildman–Crippen MR) is 135 cm³/mol. The molecule has 1 atom stereocenters. The van der Waals surface area contributed by atoms with Gasteiger partial charge in [0.05, 0.1) is 16.4 Å². The normalized spacial score (nSPS) is 14.3. The second-order valence-corrected chi connectivity index (χ2v) is 11.2. The number of aromatic nitrogens is 2. The van der Waals surface area contributed by atoms with E-state index in [1.54, 1.807) is 23.5 Å². The molecule has 0 radical (unpaired) electrons. The number of hydrogen-bond donors (Lipinski definition) is 1. The first-order chi connectivity index (χ1) is 16.7. The van der Waals surface area contributed by atoms with E-state index in [0.29, 0.717) is 28.1 Å². The van der Waals surface area contributed by atoms with Crippen LogP contribution in [0.15, 0.2) is 28.9 Å². The fourth-order valence-electron chi connectivity index (χ4n) is 4.21. The molecule has 2 heterocycles. The zero-order valence-corrected chi connectivity index (χ0v) is 21.7. The zero-order valence-electron chi connectivity index (χ0n) is 20.1. The minimum Gasteiger partial charge on any atom is -0.550 e. The van der Waals surface area contributed by atoms with Crippen molar-refractivity contribution >= 4 is 40.5 Å². The highest BCUT2D eigenvalue weighted by molar-refractivity contribution is 7.15. The van der Waals surface area contributed by atoms with E-state index >= 15 is 0 Å².